The first-order valence-electron chi connectivity index (χ1n) is 6.49. The Morgan fingerprint density at radius 3 is 2.60 bits per heavy atom. The Kier molecular flexibility index (Phi) is 6.52. The van der Waals surface area contributed by atoms with Gasteiger partial charge in [0.05, 0.1) is 19.1 Å². The number of nitrogens with two attached hydrogens (primary N) is 1. The third kappa shape index (κ3) is 5.71. The van der Waals surface area contributed by atoms with E-state index < -0.39 is 6.04 Å². The Balaban J connectivity index is 2.32. The normalized spacial score (nSPS) is 11.7. The van der Waals surface area contributed by atoms with Gasteiger partial charge >= 0.3 is 5.97 Å². The van der Waals surface area contributed by atoms with E-state index in [1.807, 2.05) is 0 Å². The molecule has 1 atom stereocenters. The zero-order valence-corrected chi connectivity index (χ0v) is 11.5. The third-order valence-electron chi connectivity index (χ3n) is 2.66. The summed E-state index contributed by atoms with van der Waals surface area (Å²) >= 11 is 0. The number of hydrogen-bond donors (Lipinski definition) is 3. The van der Waals surface area contributed by atoms with E-state index in [4.69, 9.17) is 15.6 Å². The molecule has 1 unspecified atom stereocenters. The van der Waals surface area contributed by atoms with Gasteiger partial charge in [0, 0.05) is 6.54 Å². The number of rotatable bonds is 7. The molecule has 6 heteroatoms. The molecule has 1 amide bonds. The van der Waals surface area contributed by atoms with E-state index in [9.17, 15) is 9.59 Å². The third-order valence-corrected chi connectivity index (χ3v) is 2.66. The molecule has 0 saturated carbocycles. The average Bonchev–Trinajstić information content (AvgIpc) is 2.41. The molecule has 6 nitrogen and oxygen atoms in total. The summed E-state index contributed by atoms with van der Waals surface area (Å²) in [5.74, 6) is -0.497. The van der Waals surface area contributed by atoms with E-state index in [1.165, 1.54) is 0 Å². The van der Waals surface area contributed by atoms with E-state index in [0.29, 0.717) is 13.0 Å². The fourth-order valence-electron chi connectivity index (χ4n) is 1.63. The van der Waals surface area contributed by atoms with Crippen molar-refractivity contribution < 1.29 is 19.4 Å². The van der Waals surface area contributed by atoms with Crippen LogP contribution in [0.4, 0.5) is 0 Å². The minimum atomic E-state index is -0.693. The molecule has 0 spiro atoms. The van der Waals surface area contributed by atoms with Crippen molar-refractivity contribution in [1.29, 1.82) is 0 Å². The molecule has 0 bridgehead atoms. The zero-order chi connectivity index (χ0) is 15.0. The van der Waals surface area contributed by atoms with Gasteiger partial charge in [-0.1, -0.05) is 12.1 Å². The zero-order valence-electron chi connectivity index (χ0n) is 11.5. The van der Waals surface area contributed by atoms with Crippen LogP contribution in [0, 0.1) is 0 Å². The van der Waals surface area contributed by atoms with Crippen LogP contribution in [0.15, 0.2) is 24.3 Å². The van der Waals surface area contributed by atoms with E-state index in [1.54, 1.807) is 31.2 Å². The smallest absolute Gasteiger partial charge is 0.307 e. The summed E-state index contributed by atoms with van der Waals surface area (Å²) in [7, 11) is 0. The lowest BCUT2D eigenvalue weighted by Crippen LogP contribution is -2.42. The Labute approximate surface area is 117 Å². The van der Waals surface area contributed by atoms with Crippen LogP contribution < -0.4 is 11.1 Å². The van der Waals surface area contributed by atoms with Crippen molar-refractivity contribution >= 4 is 11.9 Å². The van der Waals surface area contributed by atoms with Gasteiger partial charge in [-0.3, -0.25) is 9.59 Å². The van der Waals surface area contributed by atoms with Gasteiger partial charge in [0.1, 0.15) is 5.75 Å². The molecule has 0 aromatic heterocycles. The summed E-state index contributed by atoms with van der Waals surface area (Å²) in [5, 5.41) is 11.7. The van der Waals surface area contributed by atoms with Gasteiger partial charge in [0.2, 0.25) is 5.91 Å². The second kappa shape index (κ2) is 8.16. The number of carbonyl (C=O) groups excluding carboxylic acids is 2. The maximum absolute atomic E-state index is 11.7. The molecule has 0 aliphatic heterocycles. The van der Waals surface area contributed by atoms with Gasteiger partial charge in [0.15, 0.2) is 0 Å². The molecule has 0 fully saturated rings. The maximum Gasteiger partial charge on any atom is 0.307 e. The fraction of sp³-hybridized carbons (Fsp3) is 0.429. The number of nitrogens with one attached hydrogen (secondary N) is 1. The highest BCUT2D eigenvalue weighted by atomic mass is 16.5. The molecule has 1 rings (SSSR count). The van der Waals surface area contributed by atoms with Crippen molar-refractivity contribution in [2.45, 2.75) is 25.8 Å². The van der Waals surface area contributed by atoms with Gasteiger partial charge < -0.3 is 20.9 Å². The van der Waals surface area contributed by atoms with Crippen LogP contribution in [-0.2, 0) is 20.7 Å². The number of phenolic OH excluding ortho intramolecular Hbond substituents is 1. The summed E-state index contributed by atoms with van der Waals surface area (Å²) in [4.78, 5) is 22.8. The van der Waals surface area contributed by atoms with Gasteiger partial charge in [-0.05, 0) is 31.0 Å². The summed E-state index contributed by atoms with van der Waals surface area (Å²) in [6, 6.07) is 5.81. The predicted octanol–water partition coefficient (Wildman–Crippen LogP) is 0.331. The largest absolute Gasteiger partial charge is 0.508 e. The highest BCUT2D eigenvalue weighted by Crippen LogP contribution is 2.10. The number of carbonyl (C=O) groups is 2. The van der Waals surface area contributed by atoms with Gasteiger partial charge in [-0.25, -0.2) is 0 Å². The Morgan fingerprint density at radius 2 is 2.00 bits per heavy atom. The summed E-state index contributed by atoms with van der Waals surface area (Å²) in [6.45, 7) is 2.26. The van der Waals surface area contributed by atoms with Crippen LogP contribution in [-0.4, -0.2) is 36.2 Å². The Hall–Kier alpha value is -2.08. The topological polar surface area (TPSA) is 102 Å². The van der Waals surface area contributed by atoms with E-state index in [0.717, 1.165) is 5.56 Å². The maximum atomic E-state index is 11.7. The van der Waals surface area contributed by atoms with Crippen molar-refractivity contribution in [3.8, 4) is 5.75 Å². The number of esters is 1. The van der Waals surface area contributed by atoms with E-state index in [-0.39, 0.29) is 30.6 Å². The molecular weight excluding hydrogens is 260 g/mol. The lowest BCUT2D eigenvalue weighted by atomic mass is 10.1. The predicted molar refractivity (Wildman–Crippen MR) is 74.0 cm³/mol. The van der Waals surface area contributed by atoms with Crippen LogP contribution in [0.2, 0.25) is 0 Å². The number of phenols is 1. The second-order valence-corrected chi connectivity index (χ2v) is 4.32. The summed E-state index contributed by atoms with van der Waals surface area (Å²) < 4.78 is 4.75. The standard InChI is InChI=1S/C14H20N2O4/c1-2-20-13(18)7-8-16-14(19)12(15)9-10-3-5-11(17)6-4-10/h3-6,12,17H,2,7-9,15H2,1H3,(H,16,19). The number of benzene rings is 1. The quantitative estimate of drug-likeness (QED) is 0.625. The van der Waals surface area contributed by atoms with Crippen molar-refractivity contribution in [1.82, 2.24) is 5.32 Å². The molecule has 0 saturated heterocycles. The monoisotopic (exact) mass is 280 g/mol. The first-order valence-corrected chi connectivity index (χ1v) is 6.49. The van der Waals surface area contributed by atoms with E-state index >= 15 is 0 Å². The Bertz CT molecular complexity index is 445. The van der Waals surface area contributed by atoms with Gasteiger partial charge in [0.25, 0.3) is 0 Å². The first-order chi connectivity index (χ1) is 9.52. The minimum Gasteiger partial charge on any atom is -0.508 e. The number of ether oxygens (including phenoxy) is 1. The number of amides is 1. The molecule has 0 heterocycles. The summed E-state index contributed by atoms with van der Waals surface area (Å²) in [6.07, 6.45) is 0.497. The van der Waals surface area contributed by atoms with Gasteiger partial charge in [-0.15, -0.1) is 0 Å². The molecule has 110 valence electrons. The van der Waals surface area contributed by atoms with Gasteiger partial charge in [-0.2, -0.15) is 0 Å². The van der Waals surface area contributed by atoms with Crippen LogP contribution in [0.1, 0.15) is 18.9 Å². The molecule has 4 N–H and O–H groups in total. The molecular formula is C14H20N2O4. The fourth-order valence-corrected chi connectivity index (χ4v) is 1.63. The molecule has 0 aliphatic carbocycles. The van der Waals surface area contributed by atoms with Crippen molar-refractivity contribution in [3.05, 3.63) is 29.8 Å². The highest BCUT2D eigenvalue weighted by Gasteiger charge is 2.14. The molecule has 20 heavy (non-hydrogen) atoms. The van der Waals surface area contributed by atoms with Crippen LogP contribution in [0.25, 0.3) is 0 Å². The number of aromatic hydroxyl groups is 1. The average molecular weight is 280 g/mol. The number of hydrogen-bond acceptors (Lipinski definition) is 5. The Morgan fingerprint density at radius 1 is 1.35 bits per heavy atom. The second-order valence-electron chi connectivity index (χ2n) is 4.32. The van der Waals surface area contributed by atoms with Crippen molar-refractivity contribution in [2.75, 3.05) is 13.2 Å². The van der Waals surface area contributed by atoms with Crippen molar-refractivity contribution in [3.63, 3.8) is 0 Å². The molecule has 1 aromatic rings. The van der Waals surface area contributed by atoms with Crippen molar-refractivity contribution in [2.24, 2.45) is 5.73 Å². The minimum absolute atomic E-state index is 0.130. The molecule has 0 radical (unpaired) electrons. The SMILES string of the molecule is CCOC(=O)CCNC(=O)C(N)Cc1ccc(O)cc1. The van der Waals surface area contributed by atoms with Crippen LogP contribution >= 0.6 is 0 Å². The highest BCUT2D eigenvalue weighted by molar-refractivity contribution is 5.82. The summed E-state index contributed by atoms with van der Waals surface area (Å²) in [5.41, 5.74) is 6.63. The first kappa shape index (κ1) is 16.0. The lowest BCUT2D eigenvalue weighted by molar-refractivity contribution is -0.143. The molecule has 0 aliphatic rings. The molecule has 1 aromatic carbocycles. The van der Waals surface area contributed by atoms with Crippen LogP contribution in [0.5, 0.6) is 5.75 Å². The van der Waals surface area contributed by atoms with Crippen LogP contribution in [0.3, 0.4) is 0 Å². The van der Waals surface area contributed by atoms with E-state index in [2.05, 4.69) is 5.32 Å². The lowest BCUT2D eigenvalue weighted by Gasteiger charge is -2.12.